The lowest BCUT2D eigenvalue weighted by molar-refractivity contribution is 0.556. The van der Waals surface area contributed by atoms with Crippen LogP contribution in [0.15, 0.2) is 34.8 Å². The molecule has 0 saturated heterocycles. The first-order valence-electron chi connectivity index (χ1n) is 8.15. The van der Waals surface area contributed by atoms with E-state index in [0.717, 1.165) is 17.4 Å². The summed E-state index contributed by atoms with van der Waals surface area (Å²) in [4.78, 5) is 3.68. The van der Waals surface area contributed by atoms with Gasteiger partial charge in [0.2, 0.25) is 0 Å². The van der Waals surface area contributed by atoms with Crippen molar-refractivity contribution >= 4 is 26.8 Å². The zero-order valence-corrected chi connectivity index (χ0v) is 15.3. The van der Waals surface area contributed by atoms with Crippen LogP contribution in [0.2, 0.25) is 0 Å². The molecule has 0 aliphatic carbocycles. The smallest absolute Gasteiger partial charge is 0.0737 e. The van der Waals surface area contributed by atoms with Crippen LogP contribution in [0.4, 0.5) is 0 Å². The second-order valence-electron chi connectivity index (χ2n) is 6.66. The standard InChI is InChI=1S/C20H21BrN2/c1-11-8-12(2)18(13(3)9-11)20-19-15(6-7-22-20)16-10-14(21)4-5-17(16)23-19/h4-5,8-10,20,22-23H,6-7H2,1-3H3. The van der Waals surface area contributed by atoms with Crippen LogP contribution in [0.25, 0.3) is 10.9 Å². The summed E-state index contributed by atoms with van der Waals surface area (Å²) in [6.07, 6.45) is 1.08. The van der Waals surface area contributed by atoms with Crippen molar-refractivity contribution in [1.29, 1.82) is 0 Å². The lowest BCUT2D eigenvalue weighted by Gasteiger charge is -2.28. The molecule has 4 rings (SSSR count). The first-order chi connectivity index (χ1) is 11.0. The molecule has 2 heterocycles. The van der Waals surface area contributed by atoms with Crippen molar-refractivity contribution in [2.24, 2.45) is 0 Å². The molecule has 3 heteroatoms. The van der Waals surface area contributed by atoms with Crippen LogP contribution in [0, 0.1) is 20.8 Å². The highest BCUT2D eigenvalue weighted by molar-refractivity contribution is 9.10. The van der Waals surface area contributed by atoms with Gasteiger partial charge < -0.3 is 10.3 Å². The average molecular weight is 369 g/mol. The van der Waals surface area contributed by atoms with Gasteiger partial charge in [0.15, 0.2) is 0 Å². The van der Waals surface area contributed by atoms with Crippen molar-refractivity contribution in [3.05, 3.63) is 68.3 Å². The maximum Gasteiger partial charge on any atom is 0.0737 e. The van der Waals surface area contributed by atoms with E-state index in [1.54, 1.807) is 0 Å². The van der Waals surface area contributed by atoms with Crippen molar-refractivity contribution in [1.82, 2.24) is 10.3 Å². The van der Waals surface area contributed by atoms with E-state index in [9.17, 15) is 0 Å². The van der Waals surface area contributed by atoms with Gasteiger partial charge in [-0.15, -0.1) is 0 Å². The lowest BCUT2D eigenvalue weighted by Crippen LogP contribution is -2.31. The van der Waals surface area contributed by atoms with E-state index < -0.39 is 0 Å². The predicted octanol–water partition coefficient (Wildman–Crippen LogP) is 5.09. The molecule has 0 radical (unpaired) electrons. The minimum absolute atomic E-state index is 0.255. The Morgan fingerprint density at radius 3 is 2.52 bits per heavy atom. The maximum atomic E-state index is 3.73. The van der Waals surface area contributed by atoms with Gasteiger partial charge in [0.05, 0.1) is 6.04 Å². The molecule has 118 valence electrons. The number of H-pyrrole nitrogens is 1. The first kappa shape index (κ1) is 15.0. The SMILES string of the molecule is Cc1cc(C)c(C2NCCc3c2[nH]c2ccc(Br)cc32)c(C)c1. The molecule has 2 nitrogen and oxygen atoms in total. The molecular weight excluding hydrogens is 348 g/mol. The summed E-state index contributed by atoms with van der Waals surface area (Å²) in [5, 5.41) is 5.08. The Hall–Kier alpha value is -1.58. The molecule has 0 spiro atoms. The van der Waals surface area contributed by atoms with Crippen LogP contribution >= 0.6 is 15.9 Å². The van der Waals surface area contributed by atoms with E-state index in [1.165, 1.54) is 44.4 Å². The molecule has 1 aliphatic rings. The minimum atomic E-state index is 0.255. The van der Waals surface area contributed by atoms with Gasteiger partial charge in [-0.1, -0.05) is 33.6 Å². The Morgan fingerprint density at radius 2 is 1.78 bits per heavy atom. The summed E-state index contributed by atoms with van der Waals surface area (Å²) < 4.78 is 1.14. The van der Waals surface area contributed by atoms with Crippen LogP contribution in [0.1, 0.15) is 39.6 Å². The molecule has 1 aliphatic heterocycles. The minimum Gasteiger partial charge on any atom is -0.357 e. The quantitative estimate of drug-likeness (QED) is 0.614. The van der Waals surface area contributed by atoms with Crippen LogP contribution in [-0.4, -0.2) is 11.5 Å². The second-order valence-corrected chi connectivity index (χ2v) is 7.57. The van der Waals surface area contributed by atoms with Crippen molar-refractivity contribution in [3.8, 4) is 0 Å². The van der Waals surface area contributed by atoms with E-state index in [4.69, 9.17) is 0 Å². The number of aromatic nitrogens is 1. The molecule has 0 bridgehead atoms. The monoisotopic (exact) mass is 368 g/mol. The number of nitrogens with one attached hydrogen (secondary N) is 2. The van der Waals surface area contributed by atoms with Crippen LogP contribution in [0.5, 0.6) is 0 Å². The fourth-order valence-electron chi connectivity index (χ4n) is 4.09. The summed E-state index contributed by atoms with van der Waals surface area (Å²) in [7, 11) is 0. The van der Waals surface area contributed by atoms with Gasteiger partial charge in [-0.05, 0) is 67.6 Å². The van der Waals surface area contributed by atoms with Gasteiger partial charge in [0, 0.05) is 27.6 Å². The van der Waals surface area contributed by atoms with Gasteiger partial charge in [0.1, 0.15) is 0 Å². The van der Waals surface area contributed by atoms with Crippen molar-refractivity contribution in [2.45, 2.75) is 33.2 Å². The highest BCUT2D eigenvalue weighted by Crippen LogP contribution is 2.37. The summed E-state index contributed by atoms with van der Waals surface area (Å²) in [5.41, 5.74) is 9.51. The molecule has 0 saturated carbocycles. The number of fused-ring (bicyclic) bond motifs is 3. The number of aromatic amines is 1. The normalized spacial score (nSPS) is 17.5. The molecule has 1 aromatic heterocycles. The third-order valence-electron chi connectivity index (χ3n) is 4.94. The van der Waals surface area contributed by atoms with E-state index in [1.807, 2.05) is 0 Å². The second kappa shape index (κ2) is 5.50. The van der Waals surface area contributed by atoms with E-state index in [2.05, 4.69) is 77.3 Å². The molecule has 3 aromatic rings. The number of aryl methyl sites for hydroxylation is 3. The third kappa shape index (κ3) is 2.43. The Morgan fingerprint density at radius 1 is 1.04 bits per heavy atom. The number of hydrogen-bond acceptors (Lipinski definition) is 1. The van der Waals surface area contributed by atoms with Crippen molar-refractivity contribution in [3.63, 3.8) is 0 Å². The van der Waals surface area contributed by atoms with Gasteiger partial charge in [-0.25, -0.2) is 0 Å². The lowest BCUT2D eigenvalue weighted by atomic mass is 9.88. The highest BCUT2D eigenvalue weighted by atomic mass is 79.9. The number of halogens is 1. The fourth-order valence-corrected chi connectivity index (χ4v) is 4.45. The van der Waals surface area contributed by atoms with Crippen LogP contribution < -0.4 is 5.32 Å². The van der Waals surface area contributed by atoms with Crippen molar-refractivity contribution < 1.29 is 0 Å². The predicted molar refractivity (Wildman–Crippen MR) is 100 cm³/mol. The van der Waals surface area contributed by atoms with Gasteiger partial charge in [-0.3, -0.25) is 0 Å². The zero-order chi connectivity index (χ0) is 16.1. The topological polar surface area (TPSA) is 27.8 Å². The number of benzene rings is 2. The maximum absolute atomic E-state index is 3.73. The molecule has 1 atom stereocenters. The van der Waals surface area contributed by atoms with Gasteiger partial charge >= 0.3 is 0 Å². The molecule has 23 heavy (non-hydrogen) atoms. The third-order valence-corrected chi connectivity index (χ3v) is 5.43. The van der Waals surface area contributed by atoms with Gasteiger partial charge in [-0.2, -0.15) is 0 Å². The fraction of sp³-hybridized carbons (Fsp3) is 0.300. The summed E-state index contributed by atoms with van der Waals surface area (Å²) in [6.45, 7) is 7.64. The van der Waals surface area contributed by atoms with E-state index in [0.29, 0.717) is 0 Å². The van der Waals surface area contributed by atoms with Crippen LogP contribution in [0.3, 0.4) is 0 Å². The largest absolute Gasteiger partial charge is 0.357 e. The number of hydrogen-bond donors (Lipinski definition) is 2. The van der Waals surface area contributed by atoms with Crippen LogP contribution in [-0.2, 0) is 6.42 Å². The summed E-state index contributed by atoms with van der Waals surface area (Å²) in [6, 6.07) is 11.3. The van der Waals surface area contributed by atoms with E-state index >= 15 is 0 Å². The Bertz CT molecular complexity index is 884. The summed E-state index contributed by atoms with van der Waals surface area (Å²) in [5.74, 6) is 0. The van der Waals surface area contributed by atoms with Gasteiger partial charge in [0.25, 0.3) is 0 Å². The first-order valence-corrected chi connectivity index (χ1v) is 8.95. The molecular formula is C20H21BrN2. The average Bonchev–Trinajstić information content (AvgIpc) is 2.85. The Labute approximate surface area is 145 Å². The number of rotatable bonds is 1. The Kier molecular flexibility index (Phi) is 3.58. The Balaban J connectivity index is 1.93. The molecule has 2 N–H and O–H groups in total. The summed E-state index contributed by atoms with van der Waals surface area (Å²) >= 11 is 3.61. The van der Waals surface area contributed by atoms with Crippen molar-refractivity contribution in [2.75, 3.05) is 6.54 Å². The van der Waals surface area contributed by atoms with E-state index in [-0.39, 0.29) is 6.04 Å². The molecule has 1 unspecified atom stereocenters. The molecule has 0 amide bonds. The highest BCUT2D eigenvalue weighted by Gasteiger charge is 2.27. The molecule has 2 aromatic carbocycles. The zero-order valence-electron chi connectivity index (χ0n) is 13.8. The molecule has 0 fully saturated rings.